The molecule has 2 rings (SSSR count). The Balaban J connectivity index is 2.10. The van der Waals surface area contributed by atoms with Crippen LogP contribution in [0, 0.1) is 0 Å². The molecule has 3 atom stereocenters. The monoisotopic (exact) mass is 324 g/mol. The Kier molecular flexibility index (Phi) is 5.43. The molecule has 0 amide bonds. The molecule has 1 heterocycles. The molecule has 2 nitrogen and oxygen atoms in total. The topological polar surface area (TPSA) is 15.3 Å². The maximum absolute atomic E-state index is 3.76. The molecular weight excluding hydrogens is 300 g/mol. The molecule has 0 aromatic heterocycles. The highest BCUT2D eigenvalue weighted by Crippen LogP contribution is 2.25. The Bertz CT molecular complexity index is 397. The first-order valence-corrected chi connectivity index (χ1v) is 8.21. The number of hydrogen-bond donors (Lipinski definition) is 1. The molecule has 1 N–H and O–H groups in total. The van der Waals surface area contributed by atoms with E-state index in [1.807, 2.05) is 0 Å². The summed E-state index contributed by atoms with van der Waals surface area (Å²) < 4.78 is 1.16. The Morgan fingerprint density at radius 3 is 2.58 bits per heavy atom. The maximum Gasteiger partial charge on any atom is 0.0462 e. The molecule has 1 aromatic carbocycles. The zero-order valence-corrected chi connectivity index (χ0v) is 13.8. The molecule has 0 aliphatic carbocycles. The van der Waals surface area contributed by atoms with Crippen molar-refractivity contribution in [1.82, 2.24) is 10.4 Å². The molecule has 3 unspecified atom stereocenters. The van der Waals surface area contributed by atoms with E-state index in [0.717, 1.165) is 10.9 Å². The minimum Gasteiger partial charge on any atom is -0.247 e. The van der Waals surface area contributed by atoms with Crippen LogP contribution in [0.1, 0.15) is 58.1 Å². The van der Waals surface area contributed by atoms with Crippen LogP contribution >= 0.6 is 15.9 Å². The fraction of sp³-hybridized carbons (Fsp3) is 0.625. The van der Waals surface area contributed by atoms with E-state index in [1.54, 1.807) is 0 Å². The van der Waals surface area contributed by atoms with E-state index in [0.29, 0.717) is 18.1 Å². The lowest BCUT2D eigenvalue weighted by molar-refractivity contribution is 0.0283. The Morgan fingerprint density at radius 1 is 1.32 bits per heavy atom. The summed E-state index contributed by atoms with van der Waals surface area (Å²) in [5, 5.41) is 2.47. The summed E-state index contributed by atoms with van der Waals surface area (Å²) in [7, 11) is 0. The average molecular weight is 325 g/mol. The van der Waals surface area contributed by atoms with E-state index in [1.165, 1.54) is 24.8 Å². The molecule has 106 valence electrons. The average Bonchev–Trinajstić information content (AvgIpc) is 2.38. The number of benzene rings is 1. The SMILES string of the molecule is CCC(NN1C(C)CCCC1C)c1cccc(Br)c1. The Labute approximate surface area is 125 Å². The standard InChI is InChI=1S/C16H25BrN2/c1-4-16(14-9-6-10-15(17)11-14)18-19-12(2)7-5-8-13(19)3/h6,9-13,16,18H,4-5,7-8H2,1-3H3. The van der Waals surface area contributed by atoms with Gasteiger partial charge in [-0.15, -0.1) is 0 Å². The lowest BCUT2D eigenvalue weighted by Crippen LogP contribution is -2.53. The second-order valence-corrected chi connectivity index (χ2v) is 6.60. The van der Waals surface area contributed by atoms with Crippen molar-refractivity contribution in [3.63, 3.8) is 0 Å². The van der Waals surface area contributed by atoms with Crippen molar-refractivity contribution in [2.45, 2.75) is 64.6 Å². The number of piperidine rings is 1. The molecule has 0 saturated carbocycles. The fourth-order valence-corrected chi connectivity index (χ4v) is 3.40. The van der Waals surface area contributed by atoms with Gasteiger partial charge in [-0.3, -0.25) is 0 Å². The van der Waals surface area contributed by atoms with Gasteiger partial charge in [0.1, 0.15) is 0 Å². The number of nitrogens with zero attached hydrogens (tertiary/aromatic N) is 1. The van der Waals surface area contributed by atoms with Crippen molar-refractivity contribution < 1.29 is 0 Å². The summed E-state index contributed by atoms with van der Waals surface area (Å²) in [6.45, 7) is 6.91. The quantitative estimate of drug-likeness (QED) is 0.865. The molecular formula is C16H25BrN2. The van der Waals surface area contributed by atoms with Crippen molar-refractivity contribution in [2.24, 2.45) is 0 Å². The molecule has 19 heavy (non-hydrogen) atoms. The van der Waals surface area contributed by atoms with Gasteiger partial charge in [-0.1, -0.05) is 41.4 Å². The first kappa shape index (κ1) is 15.0. The third-order valence-electron chi connectivity index (χ3n) is 4.16. The van der Waals surface area contributed by atoms with Crippen molar-refractivity contribution in [3.05, 3.63) is 34.3 Å². The van der Waals surface area contributed by atoms with Gasteiger partial charge >= 0.3 is 0 Å². The number of hydrazine groups is 1. The van der Waals surface area contributed by atoms with Crippen molar-refractivity contribution in [1.29, 1.82) is 0 Å². The van der Waals surface area contributed by atoms with Crippen LogP contribution in [0.2, 0.25) is 0 Å². The lowest BCUT2D eigenvalue weighted by Gasteiger charge is -2.41. The zero-order valence-electron chi connectivity index (χ0n) is 12.2. The summed E-state index contributed by atoms with van der Waals surface area (Å²) in [6, 6.07) is 10.3. The molecule has 1 aliphatic rings. The summed E-state index contributed by atoms with van der Waals surface area (Å²) >= 11 is 3.57. The smallest absolute Gasteiger partial charge is 0.0462 e. The van der Waals surface area contributed by atoms with E-state index in [2.05, 4.69) is 71.4 Å². The molecule has 0 bridgehead atoms. The highest BCUT2D eigenvalue weighted by molar-refractivity contribution is 9.10. The van der Waals surface area contributed by atoms with Crippen LogP contribution in [0.25, 0.3) is 0 Å². The van der Waals surface area contributed by atoms with Crippen molar-refractivity contribution >= 4 is 15.9 Å². The van der Waals surface area contributed by atoms with Crippen LogP contribution in [-0.4, -0.2) is 17.1 Å². The van der Waals surface area contributed by atoms with Crippen LogP contribution < -0.4 is 5.43 Å². The highest BCUT2D eigenvalue weighted by Gasteiger charge is 2.26. The van der Waals surface area contributed by atoms with E-state index in [-0.39, 0.29) is 0 Å². The van der Waals surface area contributed by atoms with Crippen molar-refractivity contribution in [3.8, 4) is 0 Å². The molecule has 1 saturated heterocycles. The van der Waals surface area contributed by atoms with Gasteiger partial charge in [-0.2, -0.15) is 0 Å². The second-order valence-electron chi connectivity index (χ2n) is 5.68. The third-order valence-corrected chi connectivity index (χ3v) is 4.65. The Morgan fingerprint density at radius 2 is 2.00 bits per heavy atom. The predicted octanol–water partition coefficient (Wildman–Crippen LogP) is 4.67. The minimum absolute atomic E-state index is 0.403. The highest BCUT2D eigenvalue weighted by atomic mass is 79.9. The minimum atomic E-state index is 0.403. The van der Waals surface area contributed by atoms with Crippen LogP contribution in [0.4, 0.5) is 0 Å². The van der Waals surface area contributed by atoms with Gasteiger partial charge in [0.05, 0.1) is 0 Å². The van der Waals surface area contributed by atoms with Crippen molar-refractivity contribution in [2.75, 3.05) is 0 Å². The van der Waals surface area contributed by atoms with Gasteiger partial charge < -0.3 is 0 Å². The van der Waals surface area contributed by atoms with Gasteiger partial charge in [-0.25, -0.2) is 10.4 Å². The van der Waals surface area contributed by atoms with Gasteiger partial charge in [0.15, 0.2) is 0 Å². The number of nitrogens with one attached hydrogen (secondary N) is 1. The third kappa shape index (κ3) is 3.80. The van der Waals surface area contributed by atoms with Crippen LogP contribution in [-0.2, 0) is 0 Å². The maximum atomic E-state index is 3.76. The fourth-order valence-electron chi connectivity index (χ4n) is 2.98. The predicted molar refractivity (Wildman–Crippen MR) is 84.9 cm³/mol. The molecule has 0 spiro atoms. The van der Waals surface area contributed by atoms with E-state index >= 15 is 0 Å². The van der Waals surface area contributed by atoms with E-state index < -0.39 is 0 Å². The van der Waals surface area contributed by atoms with Crippen LogP contribution in [0.5, 0.6) is 0 Å². The van der Waals surface area contributed by atoms with Gasteiger partial charge in [0, 0.05) is 22.6 Å². The summed E-state index contributed by atoms with van der Waals surface area (Å²) in [5.41, 5.74) is 5.12. The summed E-state index contributed by atoms with van der Waals surface area (Å²) in [4.78, 5) is 0. The first-order valence-electron chi connectivity index (χ1n) is 7.41. The Hall–Kier alpha value is -0.380. The summed E-state index contributed by atoms with van der Waals surface area (Å²) in [5.74, 6) is 0. The molecule has 3 heteroatoms. The molecule has 1 aromatic rings. The van der Waals surface area contributed by atoms with Gasteiger partial charge in [-0.05, 0) is 50.8 Å². The summed E-state index contributed by atoms with van der Waals surface area (Å²) in [6.07, 6.45) is 5.05. The second kappa shape index (κ2) is 6.87. The zero-order chi connectivity index (χ0) is 13.8. The largest absolute Gasteiger partial charge is 0.247 e. The van der Waals surface area contributed by atoms with Crippen LogP contribution in [0.3, 0.4) is 0 Å². The first-order chi connectivity index (χ1) is 9.11. The number of hydrogen-bond acceptors (Lipinski definition) is 2. The molecule has 1 fully saturated rings. The van der Waals surface area contributed by atoms with Gasteiger partial charge in [0.2, 0.25) is 0 Å². The van der Waals surface area contributed by atoms with E-state index in [4.69, 9.17) is 0 Å². The normalized spacial score (nSPS) is 26.3. The van der Waals surface area contributed by atoms with E-state index in [9.17, 15) is 0 Å². The van der Waals surface area contributed by atoms with Crippen LogP contribution in [0.15, 0.2) is 28.7 Å². The molecule has 0 radical (unpaired) electrons. The van der Waals surface area contributed by atoms with Gasteiger partial charge in [0.25, 0.3) is 0 Å². The number of halogens is 1. The number of rotatable bonds is 4. The molecule has 1 aliphatic heterocycles. The lowest BCUT2D eigenvalue weighted by atomic mass is 9.99.